The van der Waals surface area contributed by atoms with Gasteiger partial charge >= 0.3 is 11.4 Å². The summed E-state index contributed by atoms with van der Waals surface area (Å²) in [4.78, 5) is 22.4. The van der Waals surface area contributed by atoms with Gasteiger partial charge in [0.1, 0.15) is 0 Å². The van der Waals surface area contributed by atoms with Crippen LogP contribution in [0.15, 0.2) is 18.2 Å². The zero-order valence-electron chi connectivity index (χ0n) is 10.4. The van der Waals surface area contributed by atoms with Gasteiger partial charge in [-0.3, -0.25) is 25.1 Å². The van der Waals surface area contributed by atoms with Crippen molar-refractivity contribution < 1.29 is 9.85 Å². The first kappa shape index (κ1) is 13.4. The molecule has 0 aliphatic carbocycles. The molecule has 7 heteroatoms. The second-order valence-electron chi connectivity index (χ2n) is 4.67. The number of nitro benzene ring substituents is 2. The van der Waals surface area contributed by atoms with Gasteiger partial charge in [0.15, 0.2) is 0 Å². The maximum absolute atomic E-state index is 10.9. The van der Waals surface area contributed by atoms with Crippen molar-refractivity contribution >= 4 is 11.4 Å². The van der Waals surface area contributed by atoms with E-state index in [1.807, 2.05) is 0 Å². The predicted octanol–water partition coefficient (Wildman–Crippen LogP) is 2.49. The van der Waals surface area contributed by atoms with Gasteiger partial charge < -0.3 is 0 Å². The topological polar surface area (TPSA) is 89.5 Å². The first-order valence-electron chi connectivity index (χ1n) is 6.22. The molecule has 2 rings (SSSR count). The molecule has 1 fully saturated rings. The summed E-state index contributed by atoms with van der Waals surface area (Å²) in [5, 5.41) is 21.6. The van der Waals surface area contributed by atoms with Gasteiger partial charge in [0.25, 0.3) is 0 Å². The average Bonchev–Trinajstić information content (AvgIpc) is 2.39. The minimum atomic E-state index is -0.719. The molecule has 1 aliphatic rings. The largest absolute Gasteiger partial charge is 0.346 e. The van der Waals surface area contributed by atoms with Gasteiger partial charge in [0, 0.05) is 18.7 Å². The Balaban J connectivity index is 2.20. The SMILES string of the molecule is O=[N+]([O-])c1ccc(CN2CCCCC2)cc1[N+](=O)[O-]. The normalized spacial score (nSPS) is 16.2. The van der Waals surface area contributed by atoms with Crippen LogP contribution in [0.25, 0.3) is 0 Å². The standard InChI is InChI=1S/C12H15N3O4/c16-14(17)11-5-4-10(8-12(11)15(18)19)9-13-6-2-1-3-7-13/h4-5,8H,1-3,6-7,9H2. The Morgan fingerprint density at radius 1 is 1.00 bits per heavy atom. The summed E-state index contributed by atoms with van der Waals surface area (Å²) in [6, 6.07) is 4.13. The number of benzene rings is 1. The molecule has 0 amide bonds. The van der Waals surface area contributed by atoms with Crippen LogP contribution in [-0.4, -0.2) is 27.8 Å². The van der Waals surface area contributed by atoms with Crippen LogP contribution in [0.5, 0.6) is 0 Å². The smallest absolute Gasteiger partial charge is 0.299 e. The average molecular weight is 265 g/mol. The molecule has 0 aromatic heterocycles. The summed E-state index contributed by atoms with van der Waals surface area (Å²) in [7, 11) is 0. The van der Waals surface area contributed by atoms with Gasteiger partial charge in [-0.25, -0.2) is 0 Å². The summed E-state index contributed by atoms with van der Waals surface area (Å²) >= 11 is 0. The Morgan fingerprint density at radius 2 is 1.63 bits per heavy atom. The molecule has 0 unspecified atom stereocenters. The van der Waals surface area contributed by atoms with E-state index in [-0.39, 0.29) is 0 Å². The number of nitrogens with zero attached hydrogens (tertiary/aromatic N) is 3. The van der Waals surface area contributed by atoms with Crippen molar-refractivity contribution in [3.63, 3.8) is 0 Å². The van der Waals surface area contributed by atoms with E-state index in [9.17, 15) is 20.2 Å². The summed E-state index contributed by atoms with van der Waals surface area (Å²) < 4.78 is 0. The molecule has 0 N–H and O–H groups in total. The molecule has 19 heavy (non-hydrogen) atoms. The van der Waals surface area contributed by atoms with E-state index in [1.54, 1.807) is 6.07 Å². The van der Waals surface area contributed by atoms with Crippen LogP contribution in [0.1, 0.15) is 24.8 Å². The monoisotopic (exact) mass is 265 g/mol. The second-order valence-corrected chi connectivity index (χ2v) is 4.67. The summed E-state index contributed by atoms with van der Waals surface area (Å²) in [6.45, 7) is 2.56. The fourth-order valence-electron chi connectivity index (χ4n) is 2.34. The Bertz CT molecular complexity index is 498. The van der Waals surface area contributed by atoms with Gasteiger partial charge in [-0.2, -0.15) is 0 Å². The molecule has 1 heterocycles. The highest BCUT2D eigenvalue weighted by Gasteiger charge is 2.24. The van der Waals surface area contributed by atoms with Crippen LogP contribution in [0.2, 0.25) is 0 Å². The van der Waals surface area contributed by atoms with E-state index in [0.29, 0.717) is 6.54 Å². The molecular formula is C12H15N3O4. The van der Waals surface area contributed by atoms with Gasteiger partial charge in [0.05, 0.1) is 9.85 Å². The third kappa shape index (κ3) is 3.25. The van der Waals surface area contributed by atoms with E-state index in [4.69, 9.17) is 0 Å². The minimum absolute atomic E-state index is 0.431. The van der Waals surface area contributed by atoms with Gasteiger partial charge in [-0.15, -0.1) is 0 Å². The van der Waals surface area contributed by atoms with Crippen LogP contribution >= 0.6 is 0 Å². The number of hydrogen-bond donors (Lipinski definition) is 0. The summed E-state index contributed by atoms with van der Waals surface area (Å²) in [5.41, 5.74) is -0.133. The van der Waals surface area contributed by atoms with Gasteiger partial charge in [-0.1, -0.05) is 12.5 Å². The van der Waals surface area contributed by atoms with E-state index in [1.165, 1.54) is 18.6 Å². The van der Waals surface area contributed by atoms with Crippen molar-refractivity contribution in [1.29, 1.82) is 0 Å². The number of hydrogen-bond acceptors (Lipinski definition) is 5. The van der Waals surface area contributed by atoms with Crippen molar-refractivity contribution in [1.82, 2.24) is 4.90 Å². The molecular weight excluding hydrogens is 250 g/mol. The molecule has 0 bridgehead atoms. The third-order valence-electron chi connectivity index (χ3n) is 3.29. The molecule has 1 saturated heterocycles. The Hall–Kier alpha value is -2.02. The molecule has 1 aliphatic heterocycles. The van der Waals surface area contributed by atoms with E-state index in [0.717, 1.165) is 31.5 Å². The second kappa shape index (κ2) is 5.75. The molecule has 0 atom stereocenters. The van der Waals surface area contributed by atoms with E-state index < -0.39 is 21.2 Å². The maximum Gasteiger partial charge on any atom is 0.346 e. The minimum Gasteiger partial charge on any atom is -0.299 e. The van der Waals surface area contributed by atoms with Crippen molar-refractivity contribution in [2.75, 3.05) is 13.1 Å². The van der Waals surface area contributed by atoms with Gasteiger partial charge in [0.2, 0.25) is 0 Å². The number of rotatable bonds is 4. The summed E-state index contributed by atoms with van der Waals surface area (Å²) in [6.07, 6.45) is 3.49. The van der Waals surface area contributed by atoms with Crippen LogP contribution in [0.3, 0.4) is 0 Å². The predicted molar refractivity (Wildman–Crippen MR) is 68.9 cm³/mol. The van der Waals surface area contributed by atoms with Crippen LogP contribution in [0, 0.1) is 20.2 Å². The Morgan fingerprint density at radius 3 is 2.21 bits per heavy atom. The molecule has 1 aromatic rings. The Kier molecular flexibility index (Phi) is 4.06. The lowest BCUT2D eigenvalue weighted by Gasteiger charge is -2.26. The zero-order valence-corrected chi connectivity index (χ0v) is 10.4. The summed E-state index contributed by atoms with van der Waals surface area (Å²) in [5.74, 6) is 0. The maximum atomic E-state index is 10.9. The third-order valence-corrected chi connectivity index (χ3v) is 3.29. The molecule has 0 saturated carbocycles. The highest BCUT2D eigenvalue weighted by atomic mass is 16.6. The zero-order chi connectivity index (χ0) is 13.8. The highest BCUT2D eigenvalue weighted by Crippen LogP contribution is 2.28. The van der Waals surface area contributed by atoms with Crippen LogP contribution in [0.4, 0.5) is 11.4 Å². The fourth-order valence-corrected chi connectivity index (χ4v) is 2.34. The molecule has 7 nitrogen and oxygen atoms in total. The lowest BCUT2D eigenvalue weighted by atomic mass is 10.1. The van der Waals surface area contributed by atoms with Crippen molar-refractivity contribution in [2.24, 2.45) is 0 Å². The fraction of sp³-hybridized carbons (Fsp3) is 0.500. The quantitative estimate of drug-likeness (QED) is 0.616. The van der Waals surface area contributed by atoms with E-state index >= 15 is 0 Å². The highest BCUT2D eigenvalue weighted by molar-refractivity contribution is 5.54. The number of piperidine rings is 1. The number of nitro groups is 2. The van der Waals surface area contributed by atoms with Crippen molar-refractivity contribution in [3.05, 3.63) is 44.0 Å². The van der Waals surface area contributed by atoms with Crippen LogP contribution in [-0.2, 0) is 6.54 Å². The van der Waals surface area contributed by atoms with Crippen molar-refractivity contribution in [2.45, 2.75) is 25.8 Å². The number of likely N-dealkylation sites (tertiary alicyclic amines) is 1. The molecule has 0 radical (unpaired) electrons. The lowest BCUT2D eigenvalue weighted by molar-refractivity contribution is -0.422. The lowest BCUT2D eigenvalue weighted by Crippen LogP contribution is -2.29. The van der Waals surface area contributed by atoms with E-state index in [2.05, 4.69) is 4.90 Å². The first-order valence-corrected chi connectivity index (χ1v) is 6.22. The molecule has 102 valence electrons. The van der Waals surface area contributed by atoms with Gasteiger partial charge in [-0.05, 0) is 31.5 Å². The van der Waals surface area contributed by atoms with Crippen molar-refractivity contribution in [3.8, 4) is 0 Å². The van der Waals surface area contributed by atoms with Crippen LogP contribution < -0.4 is 0 Å². The Labute approximate surface area is 110 Å². The first-order chi connectivity index (χ1) is 9.08. The molecule has 1 aromatic carbocycles. The molecule has 0 spiro atoms.